The van der Waals surface area contributed by atoms with E-state index >= 15 is 0 Å². The lowest BCUT2D eigenvalue weighted by Gasteiger charge is -2.22. The second kappa shape index (κ2) is 12.4. The van der Waals surface area contributed by atoms with Gasteiger partial charge in [0.1, 0.15) is 6.54 Å². The molecule has 7 heteroatoms. The van der Waals surface area contributed by atoms with E-state index < -0.39 is 0 Å². The van der Waals surface area contributed by atoms with E-state index in [1.807, 2.05) is 67.4 Å². The molecule has 0 aliphatic rings. The Hall–Kier alpha value is -3.22. The van der Waals surface area contributed by atoms with Gasteiger partial charge in [0.05, 0.1) is 14.2 Å². The third kappa shape index (κ3) is 7.31. The zero-order valence-electron chi connectivity index (χ0n) is 18.3. The van der Waals surface area contributed by atoms with Crippen molar-refractivity contribution in [3.63, 3.8) is 0 Å². The van der Waals surface area contributed by atoms with Crippen molar-refractivity contribution >= 4 is 11.9 Å². The third-order valence-electron chi connectivity index (χ3n) is 4.59. The highest BCUT2D eigenvalue weighted by molar-refractivity contribution is 5.84. The fourth-order valence-electron chi connectivity index (χ4n) is 2.91. The van der Waals surface area contributed by atoms with Gasteiger partial charge in [-0.05, 0) is 36.6 Å². The number of hydrogen-bond donors (Lipinski definition) is 2. The number of guanidine groups is 1. The molecule has 0 fully saturated rings. The van der Waals surface area contributed by atoms with Crippen LogP contribution in [0.4, 0.5) is 0 Å². The molecule has 2 aromatic carbocycles. The summed E-state index contributed by atoms with van der Waals surface area (Å²) in [6.45, 7) is 4.06. The predicted octanol–water partition coefficient (Wildman–Crippen LogP) is 2.46. The smallest absolute Gasteiger partial charge is 0.242 e. The largest absolute Gasteiger partial charge is 0.493 e. The summed E-state index contributed by atoms with van der Waals surface area (Å²) in [6.07, 6.45) is 0.807. The highest BCUT2D eigenvalue weighted by Gasteiger charge is 2.09. The van der Waals surface area contributed by atoms with Crippen molar-refractivity contribution in [3.05, 3.63) is 59.7 Å². The van der Waals surface area contributed by atoms with Crippen molar-refractivity contribution in [2.24, 2.45) is 4.99 Å². The van der Waals surface area contributed by atoms with Crippen LogP contribution < -0.4 is 20.1 Å². The zero-order valence-corrected chi connectivity index (χ0v) is 18.3. The molecule has 0 atom stereocenters. The number of rotatable bonds is 10. The van der Waals surface area contributed by atoms with Gasteiger partial charge in [0.15, 0.2) is 17.5 Å². The summed E-state index contributed by atoms with van der Waals surface area (Å²) in [5.74, 6) is 2.02. The quantitative estimate of drug-likeness (QED) is 0.463. The third-order valence-corrected chi connectivity index (χ3v) is 4.59. The number of likely N-dealkylation sites (N-methyl/N-ethyl adjacent to an activating group) is 1. The van der Waals surface area contributed by atoms with E-state index in [0.717, 1.165) is 30.6 Å². The summed E-state index contributed by atoms with van der Waals surface area (Å²) in [5.41, 5.74) is 2.20. The van der Waals surface area contributed by atoms with Crippen LogP contribution in [0.2, 0.25) is 0 Å². The molecule has 2 N–H and O–H groups in total. The van der Waals surface area contributed by atoms with Crippen LogP contribution in [0.15, 0.2) is 53.5 Å². The Labute approximate surface area is 179 Å². The average Bonchev–Trinajstić information content (AvgIpc) is 2.79. The van der Waals surface area contributed by atoms with E-state index in [4.69, 9.17) is 9.47 Å². The second-order valence-electron chi connectivity index (χ2n) is 6.79. The Morgan fingerprint density at radius 3 is 2.40 bits per heavy atom. The lowest BCUT2D eigenvalue weighted by atomic mass is 10.1. The summed E-state index contributed by atoms with van der Waals surface area (Å²) in [4.78, 5) is 18.7. The number of nitrogens with zero attached hydrogens (tertiary/aromatic N) is 2. The van der Waals surface area contributed by atoms with Gasteiger partial charge in [-0.15, -0.1) is 0 Å². The topological polar surface area (TPSA) is 75.2 Å². The van der Waals surface area contributed by atoms with E-state index in [-0.39, 0.29) is 12.5 Å². The Bertz CT molecular complexity index is 824. The van der Waals surface area contributed by atoms with Crippen LogP contribution in [0, 0.1) is 0 Å². The van der Waals surface area contributed by atoms with Crippen molar-refractivity contribution in [2.75, 3.05) is 40.9 Å². The SMILES string of the molecule is CCNC(=NCC(=O)NCc1ccccc1)N(C)CCc1ccc(OC)c(OC)c1. The zero-order chi connectivity index (χ0) is 21.8. The van der Waals surface area contributed by atoms with Crippen LogP contribution in [-0.2, 0) is 17.8 Å². The Morgan fingerprint density at radius 2 is 1.73 bits per heavy atom. The van der Waals surface area contributed by atoms with Crippen LogP contribution in [-0.4, -0.2) is 57.7 Å². The number of aliphatic imine (C=N–C) groups is 1. The molecule has 0 heterocycles. The number of carbonyl (C=O) groups is 1. The molecule has 0 aromatic heterocycles. The molecule has 7 nitrogen and oxygen atoms in total. The minimum Gasteiger partial charge on any atom is -0.493 e. The maximum absolute atomic E-state index is 12.2. The van der Waals surface area contributed by atoms with Crippen LogP contribution in [0.3, 0.4) is 0 Å². The normalized spacial score (nSPS) is 11.0. The first-order chi connectivity index (χ1) is 14.6. The van der Waals surface area contributed by atoms with Gasteiger partial charge in [-0.2, -0.15) is 0 Å². The monoisotopic (exact) mass is 412 g/mol. The van der Waals surface area contributed by atoms with E-state index in [0.29, 0.717) is 24.0 Å². The van der Waals surface area contributed by atoms with Crippen molar-refractivity contribution in [1.82, 2.24) is 15.5 Å². The molecule has 162 valence electrons. The lowest BCUT2D eigenvalue weighted by Crippen LogP contribution is -2.40. The summed E-state index contributed by atoms with van der Waals surface area (Å²) in [5, 5.41) is 6.14. The van der Waals surface area contributed by atoms with Gasteiger partial charge in [0, 0.05) is 26.7 Å². The lowest BCUT2D eigenvalue weighted by molar-refractivity contribution is -0.119. The first-order valence-corrected chi connectivity index (χ1v) is 10.1. The van der Waals surface area contributed by atoms with Crippen LogP contribution in [0.1, 0.15) is 18.1 Å². The molecule has 0 unspecified atom stereocenters. The summed E-state index contributed by atoms with van der Waals surface area (Å²) < 4.78 is 10.7. The minimum atomic E-state index is -0.109. The molecule has 0 aliphatic carbocycles. The molecule has 0 radical (unpaired) electrons. The maximum Gasteiger partial charge on any atom is 0.242 e. The molecule has 0 spiro atoms. The first-order valence-electron chi connectivity index (χ1n) is 10.1. The second-order valence-corrected chi connectivity index (χ2v) is 6.79. The Kier molecular flexibility index (Phi) is 9.51. The van der Waals surface area contributed by atoms with Crippen LogP contribution in [0.5, 0.6) is 11.5 Å². The fraction of sp³-hybridized carbons (Fsp3) is 0.391. The number of amides is 1. The van der Waals surface area contributed by atoms with Gasteiger partial charge in [-0.1, -0.05) is 36.4 Å². The maximum atomic E-state index is 12.2. The summed E-state index contributed by atoms with van der Waals surface area (Å²) in [6, 6.07) is 15.7. The fourth-order valence-corrected chi connectivity index (χ4v) is 2.91. The van der Waals surface area contributed by atoms with Gasteiger partial charge in [0.25, 0.3) is 0 Å². The van der Waals surface area contributed by atoms with Crippen LogP contribution in [0.25, 0.3) is 0 Å². The molecular formula is C23H32N4O3. The Morgan fingerprint density at radius 1 is 1.00 bits per heavy atom. The van der Waals surface area contributed by atoms with Gasteiger partial charge in [0.2, 0.25) is 5.91 Å². The van der Waals surface area contributed by atoms with E-state index in [9.17, 15) is 4.79 Å². The number of nitrogens with one attached hydrogen (secondary N) is 2. The number of benzene rings is 2. The van der Waals surface area contributed by atoms with E-state index in [1.54, 1.807) is 14.2 Å². The van der Waals surface area contributed by atoms with E-state index in [1.165, 1.54) is 0 Å². The van der Waals surface area contributed by atoms with Crippen molar-refractivity contribution < 1.29 is 14.3 Å². The number of methoxy groups -OCH3 is 2. The molecule has 2 rings (SSSR count). The standard InChI is InChI=1S/C23H32N4O3/c1-5-24-23(26-17-22(28)25-16-19-9-7-6-8-10-19)27(2)14-13-18-11-12-20(29-3)21(15-18)30-4/h6-12,15H,5,13-14,16-17H2,1-4H3,(H,24,26)(H,25,28). The van der Waals surface area contributed by atoms with Crippen LogP contribution >= 0.6 is 0 Å². The highest BCUT2D eigenvalue weighted by atomic mass is 16.5. The number of ether oxygens (including phenoxy) is 2. The van der Waals surface area contributed by atoms with Crippen molar-refractivity contribution in [1.29, 1.82) is 0 Å². The van der Waals surface area contributed by atoms with Gasteiger partial charge < -0.3 is 25.0 Å². The van der Waals surface area contributed by atoms with Gasteiger partial charge in [-0.25, -0.2) is 4.99 Å². The van der Waals surface area contributed by atoms with E-state index in [2.05, 4.69) is 15.6 Å². The minimum absolute atomic E-state index is 0.0792. The van der Waals surface area contributed by atoms with Gasteiger partial charge >= 0.3 is 0 Å². The number of carbonyl (C=O) groups excluding carboxylic acids is 1. The molecule has 0 saturated carbocycles. The highest BCUT2D eigenvalue weighted by Crippen LogP contribution is 2.27. The molecular weight excluding hydrogens is 380 g/mol. The molecule has 0 aliphatic heterocycles. The predicted molar refractivity (Wildman–Crippen MR) is 120 cm³/mol. The summed E-state index contributed by atoms with van der Waals surface area (Å²) in [7, 11) is 5.22. The molecule has 0 bridgehead atoms. The molecule has 2 aromatic rings. The molecule has 1 amide bonds. The van der Waals surface area contributed by atoms with Gasteiger partial charge in [-0.3, -0.25) is 4.79 Å². The average molecular weight is 413 g/mol. The first kappa shape index (κ1) is 23.1. The Balaban J connectivity index is 1.89. The molecule has 0 saturated heterocycles. The summed E-state index contributed by atoms with van der Waals surface area (Å²) >= 11 is 0. The van der Waals surface area contributed by atoms with Crippen molar-refractivity contribution in [2.45, 2.75) is 19.9 Å². The number of hydrogen-bond acceptors (Lipinski definition) is 4. The molecule has 30 heavy (non-hydrogen) atoms. The van der Waals surface area contributed by atoms with Crippen molar-refractivity contribution in [3.8, 4) is 11.5 Å².